The molecule has 3 rings (SSSR count). The van der Waals surface area contributed by atoms with Gasteiger partial charge in [0.1, 0.15) is 0 Å². The van der Waals surface area contributed by atoms with Crippen molar-refractivity contribution in [3.05, 3.63) is 15.5 Å². The number of aryl methyl sites for hydroxylation is 1. The minimum atomic E-state index is 0.161. The average Bonchev–Trinajstić information content (AvgIpc) is 2.85. The normalized spacial score (nSPS) is 28.8. The number of piperidine rings is 1. The largest absolute Gasteiger partial charge is 0.353 e. The van der Waals surface area contributed by atoms with Gasteiger partial charge in [-0.3, -0.25) is 9.48 Å². The highest BCUT2D eigenvalue weighted by atomic mass is 127. The van der Waals surface area contributed by atoms with Crippen LogP contribution in [0.5, 0.6) is 0 Å². The molecule has 1 amide bonds. The van der Waals surface area contributed by atoms with E-state index < -0.39 is 0 Å². The molecule has 2 unspecified atom stereocenters. The van der Waals surface area contributed by atoms with Gasteiger partial charge in [0.05, 0.1) is 9.77 Å². The van der Waals surface area contributed by atoms with Gasteiger partial charge in [-0.25, -0.2) is 0 Å². The van der Waals surface area contributed by atoms with Crippen LogP contribution in [0, 0.1) is 10.5 Å². The van der Waals surface area contributed by atoms with Gasteiger partial charge in [0, 0.05) is 36.8 Å². The fourth-order valence-corrected chi connectivity index (χ4v) is 4.09. The first-order valence-corrected chi connectivity index (χ1v) is 8.81. The molecule has 1 N–H and O–H groups in total. The smallest absolute Gasteiger partial charge is 0.222 e. The number of aromatic nitrogens is 2. The molecule has 0 aliphatic carbocycles. The molecule has 1 aromatic rings. The Morgan fingerprint density at radius 1 is 1.43 bits per heavy atom. The third-order valence-electron chi connectivity index (χ3n) is 5.06. The summed E-state index contributed by atoms with van der Waals surface area (Å²) in [6.45, 7) is 2.71. The van der Waals surface area contributed by atoms with E-state index in [1.165, 1.54) is 12.8 Å². The van der Waals surface area contributed by atoms with E-state index in [0.29, 0.717) is 31.1 Å². The van der Waals surface area contributed by atoms with Crippen molar-refractivity contribution in [1.82, 2.24) is 20.0 Å². The number of amides is 1. The predicted molar refractivity (Wildman–Crippen MR) is 90.0 cm³/mol. The van der Waals surface area contributed by atoms with Crippen molar-refractivity contribution >= 4 is 28.5 Å². The molecular weight excluding hydrogens is 379 g/mol. The summed E-state index contributed by atoms with van der Waals surface area (Å²) in [6.07, 6.45) is 7.16. The van der Waals surface area contributed by atoms with Gasteiger partial charge < -0.3 is 10.2 Å². The van der Waals surface area contributed by atoms with Crippen LogP contribution in [0.1, 0.15) is 37.8 Å². The average molecular weight is 402 g/mol. The molecular formula is C15H23IN4O. The van der Waals surface area contributed by atoms with Crippen LogP contribution in [0.2, 0.25) is 0 Å². The van der Waals surface area contributed by atoms with Gasteiger partial charge in [-0.05, 0) is 62.2 Å². The van der Waals surface area contributed by atoms with Crippen LogP contribution < -0.4 is 5.32 Å². The second-order valence-corrected chi connectivity index (χ2v) is 7.50. The minimum Gasteiger partial charge on any atom is -0.353 e. The van der Waals surface area contributed by atoms with Gasteiger partial charge in [-0.15, -0.1) is 0 Å². The van der Waals surface area contributed by atoms with Crippen LogP contribution in [-0.2, 0) is 11.3 Å². The summed E-state index contributed by atoms with van der Waals surface area (Å²) in [4.78, 5) is 14.6. The maximum atomic E-state index is 12.2. The summed E-state index contributed by atoms with van der Waals surface area (Å²) < 4.78 is 3.07. The van der Waals surface area contributed by atoms with E-state index >= 15 is 0 Å². The van der Waals surface area contributed by atoms with E-state index in [-0.39, 0.29) is 5.91 Å². The molecule has 2 fully saturated rings. The van der Waals surface area contributed by atoms with E-state index in [2.05, 4.69) is 45.0 Å². The lowest BCUT2D eigenvalue weighted by molar-refractivity contribution is -0.122. The minimum absolute atomic E-state index is 0.161. The van der Waals surface area contributed by atoms with E-state index in [0.717, 1.165) is 22.1 Å². The lowest BCUT2D eigenvalue weighted by Gasteiger charge is -2.36. The van der Waals surface area contributed by atoms with Crippen molar-refractivity contribution in [2.45, 2.75) is 63.7 Å². The number of halogens is 1. The first-order chi connectivity index (χ1) is 10.0. The molecule has 6 heteroatoms. The lowest BCUT2D eigenvalue weighted by atomic mass is 9.98. The van der Waals surface area contributed by atoms with E-state index in [1.807, 2.05) is 17.8 Å². The zero-order chi connectivity index (χ0) is 15.0. The summed E-state index contributed by atoms with van der Waals surface area (Å²) in [5.41, 5.74) is 1.14. The molecule has 0 radical (unpaired) electrons. The van der Waals surface area contributed by atoms with Gasteiger partial charge in [0.15, 0.2) is 0 Å². The number of rotatable bonds is 4. The van der Waals surface area contributed by atoms with Crippen molar-refractivity contribution in [1.29, 1.82) is 0 Å². The molecule has 116 valence electrons. The van der Waals surface area contributed by atoms with Gasteiger partial charge in [-0.2, -0.15) is 5.10 Å². The molecule has 2 saturated heterocycles. The second kappa shape index (κ2) is 6.24. The lowest BCUT2D eigenvalue weighted by Crippen LogP contribution is -2.48. The van der Waals surface area contributed by atoms with Crippen molar-refractivity contribution in [2.24, 2.45) is 0 Å². The molecule has 5 nitrogen and oxygen atoms in total. The summed E-state index contributed by atoms with van der Waals surface area (Å²) in [6, 6.07) is 1.71. The van der Waals surface area contributed by atoms with Crippen LogP contribution in [0.4, 0.5) is 0 Å². The topological polar surface area (TPSA) is 50.2 Å². The standard InChI is InChI=1S/C15H23IN4O/c1-10-14(16)9-17-20(10)6-5-15(21)18-11-7-12-3-4-13(8-11)19(12)2/h9,11-13H,3-8H2,1-2H3,(H,18,21). The van der Waals surface area contributed by atoms with E-state index in [1.54, 1.807) is 0 Å². The Morgan fingerprint density at radius 3 is 2.67 bits per heavy atom. The van der Waals surface area contributed by atoms with Crippen molar-refractivity contribution < 1.29 is 4.79 Å². The third-order valence-corrected chi connectivity index (χ3v) is 6.12. The van der Waals surface area contributed by atoms with Gasteiger partial charge in [0.25, 0.3) is 0 Å². The summed E-state index contributed by atoms with van der Waals surface area (Å²) >= 11 is 2.27. The molecule has 1 aromatic heterocycles. The number of hydrogen-bond donors (Lipinski definition) is 1. The van der Waals surface area contributed by atoms with Crippen LogP contribution >= 0.6 is 22.6 Å². The van der Waals surface area contributed by atoms with Crippen molar-refractivity contribution in [3.8, 4) is 0 Å². The Bertz CT molecular complexity index is 516. The SMILES string of the molecule is Cc1c(I)cnn1CCC(=O)NC1CC2CCC(C1)N2C. The number of carbonyl (C=O) groups is 1. The fraction of sp³-hybridized carbons (Fsp3) is 0.733. The van der Waals surface area contributed by atoms with E-state index in [4.69, 9.17) is 0 Å². The quantitative estimate of drug-likeness (QED) is 0.784. The molecule has 0 spiro atoms. The summed E-state index contributed by atoms with van der Waals surface area (Å²) in [5, 5.41) is 7.53. The zero-order valence-electron chi connectivity index (χ0n) is 12.7. The Morgan fingerprint density at radius 2 is 2.10 bits per heavy atom. The second-order valence-electron chi connectivity index (χ2n) is 6.34. The number of fused-ring (bicyclic) bond motifs is 2. The molecule has 2 atom stereocenters. The summed E-state index contributed by atoms with van der Waals surface area (Å²) in [5.74, 6) is 0.161. The fourth-order valence-electron chi connectivity index (χ4n) is 3.69. The number of carbonyl (C=O) groups excluding carboxylic acids is 1. The molecule has 2 aliphatic heterocycles. The van der Waals surface area contributed by atoms with Crippen molar-refractivity contribution in [3.63, 3.8) is 0 Å². The van der Waals surface area contributed by atoms with Crippen LogP contribution in [0.3, 0.4) is 0 Å². The number of nitrogens with one attached hydrogen (secondary N) is 1. The van der Waals surface area contributed by atoms with Gasteiger partial charge >= 0.3 is 0 Å². The van der Waals surface area contributed by atoms with Crippen molar-refractivity contribution in [2.75, 3.05) is 7.05 Å². The molecule has 0 aromatic carbocycles. The van der Waals surface area contributed by atoms with E-state index in [9.17, 15) is 4.79 Å². The first-order valence-electron chi connectivity index (χ1n) is 7.74. The number of nitrogens with zero attached hydrogens (tertiary/aromatic N) is 3. The first kappa shape index (κ1) is 15.3. The molecule has 2 bridgehead atoms. The van der Waals surface area contributed by atoms with Crippen LogP contribution in [0.25, 0.3) is 0 Å². The maximum Gasteiger partial charge on any atom is 0.222 e. The van der Waals surface area contributed by atoms with Gasteiger partial charge in [-0.1, -0.05) is 0 Å². The Balaban J connectivity index is 1.48. The molecule has 21 heavy (non-hydrogen) atoms. The monoisotopic (exact) mass is 402 g/mol. The summed E-state index contributed by atoms with van der Waals surface area (Å²) in [7, 11) is 2.22. The highest BCUT2D eigenvalue weighted by Gasteiger charge is 2.38. The number of hydrogen-bond acceptors (Lipinski definition) is 3. The predicted octanol–water partition coefficient (Wildman–Crippen LogP) is 1.93. The van der Waals surface area contributed by atoms with Crippen LogP contribution in [-0.4, -0.2) is 45.8 Å². The Hall–Kier alpha value is -0.630. The highest BCUT2D eigenvalue weighted by Crippen LogP contribution is 2.34. The van der Waals surface area contributed by atoms with Crippen LogP contribution in [0.15, 0.2) is 6.20 Å². The Labute approximate surface area is 139 Å². The molecule has 0 saturated carbocycles. The third kappa shape index (κ3) is 3.26. The Kier molecular flexibility index (Phi) is 4.54. The van der Waals surface area contributed by atoms with Gasteiger partial charge in [0.2, 0.25) is 5.91 Å². The molecule has 3 heterocycles. The zero-order valence-corrected chi connectivity index (χ0v) is 14.8. The maximum absolute atomic E-state index is 12.2. The highest BCUT2D eigenvalue weighted by molar-refractivity contribution is 14.1. The molecule has 2 aliphatic rings.